The topological polar surface area (TPSA) is 79.3 Å². The predicted octanol–water partition coefficient (Wildman–Crippen LogP) is 2.46. The third-order valence-corrected chi connectivity index (χ3v) is 3.27. The van der Waals surface area contributed by atoms with Gasteiger partial charge in [-0.3, -0.25) is 9.78 Å². The Morgan fingerprint density at radius 1 is 1.19 bits per heavy atom. The fraction of sp³-hybridized carbons (Fsp3) is 0.312. The molecule has 1 aromatic heterocycles. The van der Waals surface area contributed by atoms with E-state index in [1.807, 2.05) is 12.1 Å². The SMILES string of the molecule is CC(C)(C)[C@@H](NC(=O)c1cccc2cccnc12)C(=O)O. The lowest BCUT2D eigenvalue weighted by molar-refractivity contribution is -0.142. The van der Waals surface area contributed by atoms with Gasteiger partial charge in [0.1, 0.15) is 6.04 Å². The number of carbonyl (C=O) groups excluding carboxylic acids is 1. The van der Waals surface area contributed by atoms with Gasteiger partial charge in [0.15, 0.2) is 0 Å². The molecule has 0 fully saturated rings. The Kier molecular flexibility index (Phi) is 3.93. The van der Waals surface area contributed by atoms with Crippen molar-refractivity contribution in [3.8, 4) is 0 Å². The van der Waals surface area contributed by atoms with Crippen LogP contribution in [0.5, 0.6) is 0 Å². The average Bonchev–Trinajstić information content (AvgIpc) is 2.42. The maximum Gasteiger partial charge on any atom is 0.326 e. The summed E-state index contributed by atoms with van der Waals surface area (Å²) in [7, 11) is 0. The highest BCUT2D eigenvalue weighted by atomic mass is 16.4. The molecule has 1 amide bonds. The van der Waals surface area contributed by atoms with Crippen LogP contribution in [0.2, 0.25) is 0 Å². The Hall–Kier alpha value is -2.43. The van der Waals surface area contributed by atoms with Crippen molar-refractivity contribution >= 4 is 22.8 Å². The Balaban J connectivity index is 2.37. The number of benzene rings is 1. The van der Waals surface area contributed by atoms with Crippen LogP contribution in [0.25, 0.3) is 10.9 Å². The number of amides is 1. The number of nitrogens with one attached hydrogen (secondary N) is 1. The largest absolute Gasteiger partial charge is 0.480 e. The van der Waals surface area contributed by atoms with Crippen LogP contribution in [0.15, 0.2) is 36.5 Å². The number of fused-ring (bicyclic) bond motifs is 1. The van der Waals surface area contributed by atoms with E-state index >= 15 is 0 Å². The summed E-state index contributed by atoms with van der Waals surface area (Å²) in [6.45, 7) is 5.31. The molecule has 0 aliphatic heterocycles. The van der Waals surface area contributed by atoms with E-state index in [9.17, 15) is 14.7 Å². The summed E-state index contributed by atoms with van der Waals surface area (Å²) in [4.78, 5) is 28.0. The summed E-state index contributed by atoms with van der Waals surface area (Å²) < 4.78 is 0. The number of carboxylic acid groups (broad SMARTS) is 1. The van der Waals surface area contributed by atoms with Gasteiger partial charge >= 0.3 is 5.97 Å². The molecule has 21 heavy (non-hydrogen) atoms. The van der Waals surface area contributed by atoms with Gasteiger partial charge in [-0.25, -0.2) is 4.79 Å². The van der Waals surface area contributed by atoms with Crippen molar-refractivity contribution in [1.82, 2.24) is 10.3 Å². The molecule has 2 rings (SSSR count). The van der Waals surface area contributed by atoms with Crippen molar-refractivity contribution in [3.63, 3.8) is 0 Å². The zero-order valence-electron chi connectivity index (χ0n) is 12.3. The lowest BCUT2D eigenvalue weighted by Crippen LogP contribution is -2.49. The quantitative estimate of drug-likeness (QED) is 0.908. The Morgan fingerprint density at radius 3 is 2.48 bits per heavy atom. The first-order valence-corrected chi connectivity index (χ1v) is 6.68. The third-order valence-electron chi connectivity index (χ3n) is 3.27. The van der Waals surface area contributed by atoms with Crippen molar-refractivity contribution in [2.45, 2.75) is 26.8 Å². The Labute approximate surface area is 123 Å². The number of para-hydroxylation sites is 1. The van der Waals surface area contributed by atoms with E-state index in [0.29, 0.717) is 11.1 Å². The number of aromatic nitrogens is 1. The lowest BCUT2D eigenvalue weighted by atomic mass is 9.86. The number of carboxylic acids is 1. The normalized spacial score (nSPS) is 12.9. The van der Waals surface area contributed by atoms with E-state index in [4.69, 9.17) is 0 Å². The zero-order chi connectivity index (χ0) is 15.6. The number of aliphatic carboxylic acids is 1. The van der Waals surface area contributed by atoms with Crippen molar-refractivity contribution in [2.24, 2.45) is 5.41 Å². The van der Waals surface area contributed by atoms with Gasteiger partial charge in [-0.05, 0) is 17.5 Å². The van der Waals surface area contributed by atoms with E-state index < -0.39 is 23.3 Å². The molecule has 0 spiro atoms. The highest BCUT2D eigenvalue weighted by Gasteiger charge is 2.33. The van der Waals surface area contributed by atoms with Crippen molar-refractivity contribution in [3.05, 3.63) is 42.1 Å². The van der Waals surface area contributed by atoms with E-state index in [2.05, 4.69) is 10.3 Å². The molecule has 0 saturated carbocycles. The van der Waals surface area contributed by atoms with Gasteiger partial charge in [0, 0.05) is 11.6 Å². The van der Waals surface area contributed by atoms with Gasteiger partial charge < -0.3 is 10.4 Å². The van der Waals surface area contributed by atoms with Crippen molar-refractivity contribution < 1.29 is 14.7 Å². The monoisotopic (exact) mass is 286 g/mol. The number of rotatable bonds is 3. The molecular formula is C16H18N2O3. The summed E-state index contributed by atoms with van der Waals surface area (Å²) in [5.41, 5.74) is 0.360. The van der Waals surface area contributed by atoms with Crippen LogP contribution < -0.4 is 5.32 Å². The van der Waals surface area contributed by atoms with Crippen LogP contribution in [0.3, 0.4) is 0 Å². The maximum absolute atomic E-state index is 12.4. The molecule has 0 radical (unpaired) electrons. The molecule has 0 unspecified atom stereocenters. The van der Waals surface area contributed by atoms with Crippen LogP contribution in [0.4, 0.5) is 0 Å². The molecule has 110 valence electrons. The molecule has 2 aromatic rings. The summed E-state index contributed by atoms with van der Waals surface area (Å²) in [6, 6.07) is 7.94. The predicted molar refractivity (Wildman–Crippen MR) is 80.1 cm³/mol. The third kappa shape index (κ3) is 3.18. The van der Waals surface area contributed by atoms with Crippen molar-refractivity contribution in [2.75, 3.05) is 0 Å². The van der Waals surface area contributed by atoms with Gasteiger partial charge in [-0.15, -0.1) is 0 Å². The number of nitrogens with zero attached hydrogens (tertiary/aromatic N) is 1. The summed E-state index contributed by atoms with van der Waals surface area (Å²) in [6.07, 6.45) is 1.61. The zero-order valence-corrected chi connectivity index (χ0v) is 12.3. The number of hydrogen-bond acceptors (Lipinski definition) is 3. The molecule has 2 N–H and O–H groups in total. The molecule has 1 aromatic carbocycles. The molecule has 0 aliphatic carbocycles. The standard InChI is InChI=1S/C16H18N2O3/c1-16(2,3)13(15(20)21)18-14(19)11-8-4-6-10-7-5-9-17-12(10)11/h4-9,13H,1-3H3,(H,18,19)(H,20,21)/t13-/m0/s1. The first-order chi connectivity index (χ1) is 9.80. The molecule has 0 saturated heterocycles. The van der Waals surface area contributed by atoms with E-state index in [0.717, 1.165) is 5.39 Å². The van der Waals surface area contributed by atoms with Crippen LogP contribution in [-0.2, 0) is 4.79 Å². The van der Waals surface area contributed by atoms with Crippen molar-refractivity contribution in [1.29, 1.82) is 0 Å². The minimum Gasteiger partial charge on any atom is -0.480 e. The van der Waals surface area contributed by atoms with Gasteiger partial charge in [-0.1, -0.05) is 39.0 Å². The Morgan fingerprint density at radius 2 is 1.86 bits per heavy atom. The van der Waals surface area contributed by atoms with Gasteiger partial charge in [0.25, 0.3) is 5.91 Å². The minimum atomic E-state index is -1.05. The van der Waals surface area contributed by atoms with E-state index in [-0.39, 0.29) is 0 Å². The average molecular weight is 286 g/mol. The van der Waals surface area contributed by atoms with Gasteiger partial charge in [0.05, 0.1) is 11.1 Å². The van der Waals surface area contributed by atoms with Gasteiger partial charge in [0.2, 0.25) is 0 Å². The fourth-order valence-electron chi connectivity index (χ4n) is 2.14. The number of carbonyl (C=O) groups is 2. The summed E-state index contributed by atoms with van der Waals surface area (Å²) in [5.74, 6) is -1.48. The molecule has 0 bridgehead atoms. The lowest BCUT2D eigenvalue weighted by Gasteiger charge is -2.27. The number of hydrogen-bond donors (Lipinski definition) is 2. The second kappa shape index (κ2) is 5.52. The van der Waals surface area contributed by atoms with Crippen LogP contribution in [0.1, 0.15) is 31.1 Å². The molecule has 1 heterocycles. The summed E-state index contributed by atoms with van der Waals surface area (Å²) in [5, 5.41) is 12.7. The minimum absolute atomic E-state index is 0.378. The molecular weight excluding hydrogens is 268 g/mol. The molecule has 1 atom stereocenters. The first-order valence-electron chi connectivity index (χ1n) is 6.68. The highest BCUT2D eigenvalue weighted by Crippen LogP contribution is 2.21. The van der Waals surface area contributed by atoms with E-state index in [1.165, 1.54) is 0 Å². The molecule has 5 nitrogen and oxygen atoms in total. The smallest absolute Gasteiger partial charge is 0.326 e. The summed E-state index contributed by atoms with van der Waals surface area (Å²) >= 11 is 0. The second-order valence-corrected chi connectivity index (χ2v) is 5.99. The Bertz CT molecular complexity index is 684. The molecule has 0 aliphatic rings. The number of pyridine rings is 1. The van der Waals surface area contributed by atoms with Gasteiger partial charge in [-0.2, -0.15) is 0 Å². The molecule has 5 heteroatoms. The highest BCUT2D eigenvalue weighted by molar-refractivity contribution is 6.06. The maximum atomic E-state index is 12.4. The van der Waals surface area contributed by atoms with Crippen LogP contribution in [0, 0.1) is 5.41 Å². The second-order valence-electron chi connectivity index (χ2n) is 5.99. The first kappa shape index (κ1) is 15.0. The van der Waals surface area contributed by atoms with E-state index in [1.54, 1.807) is 45.2 Å². The fourth-order valence-corrected chi connectivity index (χ4v) is 2.14. The van der Waals surface area contributed by atoms with Crippen LogP contribution >= 0.6 is 0 Å². The van der Waals surface area contributed by atoms with Crippen LogP contribution in [-0.4, -0.2) is 28.0 Å².